The highest BCUT2D eigenvalue weighted by Crippen LogP contribution is 2.18. The minimum absolute atomic E-state index is 0.332. The average molecular weight is 231 g/mol. The summed E-state index contributed by atoms with van der Waals surface area (Å²) in [7, 11) is 1.74. The van der Waals surface area contributed by atoms with Crippen molar-refractivity contribution in [1.82, 2.24) is 9.97 Å². The van der Waals surface area contributed by atoms with Crippen LogP contribution in [-0.4, -0.2) is 34.8 Å². The monoisotopic (exact) mass is 230 g/mol. The number of aliphatic hydroxyl groups is 1. The molecule has 0 saturated heterocycles. The predicted molar refractivity (Wildman–Crippen MR) is 61.4 cm³/mol. The van der Waals surface area contributed by atoms with Crippen molar-refractivity contribution >= 4 is 23.4 Å². The molecule has 0 fully saturated rings. The van der Waals surface area contributed by atoms with Crippen molar-refractivity contribution in [3.8, 4) is 0 Å². The van der Waals surface area contributed by atoms with Crippen molar-refractivity contribution in [2.75, 3.05) is 24.2 Å². The van der Waals surface area contributed by atoms with E-state index in [0.29, 0.717) is 29.8 Å². The quantitative estimate of drug-likeness (QED) is 0.713. The van der Waals surface area contributed by atoms with Crippen LogP contribution < -0.4 is 10.6 Å². The zero-order valence-electron chi connectivity index (χ0n) is 8.79. The fraction of sp³-hybridized carbons (Fsp3) is 0.556. The lowest BCUT2D eigenvalue weighted by atomic mass is 10.3. The molecule has 0 aliphatic heterocycles. The average Bonchev–Trinajstić information content (AvgIpc) is 2.20. The van der Waals surface area contributed by atoms with E-state index in [4.69, 9.17) is 16.7 Å². The number of aromatic nitrogens is 2. The molecule has 5 nitrogen and oxygen atoms in total. The van der Waals surface area contributed by atoms with Crippen molar-refractivity contribution in [2.24, 2.45) is 0 Å². The number of nitrogens with zero attached hydrogens (tertiary/aromatic N) is 2. The van der Waals surface area contributed by atoms with Gasteiger partial charge in [-0.15, -0.1) is 0 Å². The van der Waals surface area contributed by atoms with Crippen molar-refractivity contribution in [3.05, 3.63) is 11.2 Å². The van der Waals surface area contributed by atoms with Gasteiger partial charge in [0.1, 0.15) is 10.8 Å². The molecule has 1 aromatic heterocycles. The van der Waals surface area contributed by atoms with E-state index in [1.807, 2.05) is 0 Å². The van der Waals surface area contributed by atoms with E-state index in [9.17, 15) is 0 Å². The summed E-state index contributed by atoms with van der Waals surface area (Å²) in [5.41, 5.74) is 0. The summed E-state index contributed by atoms with van der Waals surface area (Å²) in [6.45, 7) is 2.36. The van der Waals surface area contributed by atoms with Gasteiger partial charge < -0.3 is 15.7 Å². The van der Waals surface area contributed by atoms with Crippen LogP contribution in [0.5, 0.6) is 0 Å². The molecule has 3 N–H and O–H groups in total. The Balaban J connectivity index is 2.59. The fourth-order valence-corrected chi connectivity index (χ4v) is 1.17. The molecule has 1 rings (SSSR count). The zero-order valence-corrected chi connectivity index (χ0v) is 9.54. The minimum Gasteiger partial charge on any atom is -0.393 e. The zero-order chi connectivity index (χ0) is 11.3. The topological polar surface area (TPSA) is 70.1 Å². The summed E-state index contributed by atoms with van der Waals surface area (Å²) >= 11 is 5.89. The third-order valence-corrected chi connectivity index (χ3v) is 2.10. The van der Waals surface area contributed by atoms with Gasteiger partial charge in [0.05, 0.1) is 12.3 Å². The summed E-state index contributed by atoms with van der Waals surface area (Å²) in [6, 6.07) is 0. The largest absolute Gasteiger partial charge is 0.393 e. The van der Waals surface area contributed by atoms with E-state index in [2.05, 4.69) is 20.6 Å². The molecule has 0 amide bonds. The Morgan fingerprint density at radius 2 is 2.33 bits per heavy atom. The van der Waals surface area contributed by atoms with E-state index in [-0.39, 0.29) is 6.10 Å². The molecule has 0 bridgehead atoms. The number of anilines is 2. The summed E-state index contributed by atoms with van der Waals surface area (Å²) in [6.07, 6.45) is 1.85. The Morgan fingerprint density at radius 3 is 2.93 bits per heavy atom. The lowest BCUT2D eigenvalue weighted by Gasteiger charge is -2.09. The molecular weight excluding hydrogens is 216 g/mol. The summed E-state index contributed by atoms with van der Waals surface area (Å²) in [4.78, 5) is 8.10. The number of rotatable bonds is 5. The lowest BCUT2D eigenvalue weighted by Crippen LogP contribution is -2.11. The highest BCUT2D eigenvalue weighted by atomic mass is 35.5. The first kappa shape index (κ1) is 12.0. The van der Waals surface area contributed by atoms with Gasteiger partial charge in [0, 0.05) is 13.6 Å². The van der Waals surface area contributed by atoms with Gasteiger partial charge in [-0.25, -0.2) is 4.98 Å². The normalized spacial score (nSPS) is 12.3. The maximum Gasteiger partial charge on any atom is 0.224 e. The van der Waals surface area contributed by atoms with Gasteiger partial charge in [-0.1, -0.05) is 11.6 Å². The molecule has 1 aromatic rings. The highest BCUT2D eigenvalue weighted by molar-refractivity contribution is 6.32. The molecule has 0 aliphatic rings. The third-order valence-electron chi connectivity index (χ3n) is 1.82. The molecule has 0 radical (unpaired) electrons. The first-order chi connectivity index (χ1) is 7.13. The van der Waals surface area contributed by atoms with E-state index in [1.165, 1.54) is 6.20 Å². The van der Waals surface area contributed by atoms with Crippen molar-refractivity contribution in [2.45, 2.75) is 19.4 Å². The maximum absolute atomic E-state index is 9.08. The molecule has 84 valence electrons. The Kier molecular flexibility index (Phi) is 4.58. The summed E-state index contributed by atoms with van der Waals surface area (Å²) in [5, 5.41) is 15.4. The minimum atomic E-state index is -0.332. The standard InChI is InChI=1S/C9H15ClN4O/c1-6(15)3-4-12-8-7(10)5-13-9(11-2)14-8/h5-6,15H,3-4H2,1-2H3,(H2,11,12,13,14). The van der Waals surface area contributed by atoms with Crippen LogP contribution in [0.4, 0.5) is 11.8 Å². The number of aliphatic hydroxyl groups excluding tert-OH is 1. The van der Waals surface area contributed by atoms with Crippen molar-refractivity contribution in [1.29, 1.82) is 0 Å². The van der Waals surface area contributed by atoms with E-state index < -0.39 is 0 Å². The molecule has 1 unspecified atom stereocenters. The third kappa shape index (κ3) is 3.89. The number of hydrogen-bond donors (Lipinski definition) is 3. The van der Waals surface area contributed by atoms with E-state index >= 15 is 0 Å². The number of halogens is 1. The van der Waals surface area contributed by atoms with Gasteiger partial charge in [-0.05, 0) is 13.3 Å². The molecular formula is C9H15ClN4O. The number of hydrogen-bond acceptors (Lipinski definition) is 5. The second-order valence-corrected chi connectivity index (χ2v) is 3.61. The van der Waals surface area contributed by atoms with Crippen LogP contribution in [-0.2, 0) is 0 Å². The van der Waals surface area contributed by atoms with Gasteiger partial charge in [-0.2, -0.15) is 4.98 Å². The van der Waals surface area contributed by atoms with E-state index in [0.717, 1.165) is 0 Å². The lowest BCUT2D eigenvalue weighted by molar-refractivity contribution is 0.188. The van der Waals surface area contributed by atoms with Gasteiger partial charge in [-0.3, -0.25) is 0 Å². The van der Waals surface area contributed by atoms with Gasteiger partial charge in [0.15, 0.2) is 0 Å². The smallest absolute Gasteiger partial charge is 0.224 e. The van der Waals surface area contributed by atoms with Crippen LogP contribution in [0.2, 0.25) is 5.02 Å². The second-order valence-electron chi connectivity index (χ2n) is 3.20. The Bertz CT molecular complexity index is 319. The molecule has 1 heterocycles. The Labute approximate surface area is 93.9 Å². The van der Waals surface area contributed by atoms with Gasteiger partial charge in [0.2, 0.25) is 5.95 Å². The van der Waals surface area contributed by atoms with Crippen LogP contribution in [0.1, 0.15) is 13.3 Å². The van der Waals surface area contributed by atoms with Crippen LogP contribution in [0, 0.1) is 0 Å². The van der Waals surface area contributed by atoms with Crippen molar-refractivity contribution in [3.63, 3.8) is 0 Å². The molecule has 0 spiro atoms. The molecule has 0 saturated carbocycles. The molecule has 6 heteroatoms. The molecule has 0 aromatic carbocycles. The van der Waals surface area contributed by atoms with Crippen LogP contribution in [0.25, 0.3) is 0 Å². The van der Waals surface area contributed by atoms with Gasteiger partial charge in [0.25, 0.3) is 0 Å². The Morgan fingerprint density at radius 1 is 1.60 bits per heavy atom. The number of nitrogens with one attached hydrogen (secondary N) is 2. The molecule has 1 atom stereocenters. The van der Waals surface area contributed by atoms with Crippen molar-refractivity contribution < 1.29 is 5.11 Å². The SMILES string of the molecule is CNc1ncc(Cl)c(NCCC(C)O)n1. The Hall–Kier alpha value is -1.07. The molecule has 15 heavy (non-hydrogen) atoms. The second kappa shape index (κ2) is 5.72. The summed E-state index contributed by atoms with van der Waals surface area (Å²) < 4.78 is 0. The maximum atomic E-state index is 9.08. The van der Waals surface area contributed by atoms with Crippen LogP contribution >= 0.6 is 11.6 Å². The van der Waals surface area contributed by atoms with E-state index in [1.54, 1.807) is 14.0 Å². The fourth-order valence-electron chi connectivity index (χ4n) is 1.01. The first-order valence-corrected chi connectivity index (χ1v) is 5.13. The molecule has 0 aliphatic carbocycles. The van der Waals surface area contributed by atoms with Gasteiger partial charge >= 0.3 is 0 Å². The first-order valence-electron chi connectivity index (χ1n) is 4.75. The highest BCUT2D eigenvalue weighted by Gasteiger charge is 2.04. The van der Waals surface area contributed by atoms with Crippen LogP contribution in [0.15, 0.2) is 6.20 Å². The van der Waals surface area contributed by atoms with Crippen LogP contribution in [0.3, 0.4) is 0 Å². The predicted octanol–water partition coefficient (Wildman–Crippen LogP) is 1.35. The summed E-state index contributed by atoms with van der Waals surface area (Å²) in [5.74, 6) is 1.09.